The SMILES string of the molecule is CC1(C)[C@@]2(C(=O)N[C@@H]3C[C@@H]4CC[C@@]3(C)C4(C)C)CC[C@]1(C)C(=O)C2. The normalized spacial score (nSPS) is 50.5. The summed E-state index contributed by atoms with van der Waals surface area (Å²) in [6.07, 6.45) is 5.79. The summed E-state index contributed by atoms with van der Waals surface area (Å²) in [4.78, 5) is 26.1. The van der Waals surface area contributed by atoms with Crippen molar-refractivity contribution in [2.75, 3.05) is 0 Å². The zero-order valence-corrected chi connectivity index (χ0v) is 16.2. The molecule has 0 aromatic rings. The zero-order chi connectivity index (χ0) is 17.8. The lowest BCUT2D eigenvalue weighted by molar-refractivity contribution is -0.138. The van der Waals surface area contributed by atoms with Gasteiger partial charge in [-0.15, -0.1) is 0 Å². The van der Waals surface area contributed by atoms with Crippen molar-refractivity contribution in [2.24, 2.45) is 33.0 Å². The van der Waals surface area contributed by atoms with Crippen molar-refractivity contribution < 1.29 is 9.59 Å². The second-order valence-electron chi connectivity index (χ2n) is 10.8. The molecule has 1 amide bonds. The average molecular weight is 332 g/mol. The first-order valence-electron chi connectivity index (χ1n) is 9.77. The fourth-order valence-corrected chi connectivity index (χ4v) is 7.08. The molecule has 4 saturated carbocycles. The first-order chi connectivity index (χ1) is 10.9. The predicted octanol–water partition coefficient (Wildman–Crippen LogP) is 4.10. The van der Waals surface area contributed by atoms with Gasteiger partial charge in [0.25, 0.3) is 0 Å². The molecule has 24 heavy (non-hydrogen) atoms. The van der Waals surface area contributed by atoms with Crippen LogP contribution in [0.1, 0.15) is 80.1 Å². The lowest BCUT2D eigenvalue weighted by Crippen LogP contribution is -2.54. The number of fused-ring (bicyclic) bond motifs is 4. The topological polar surface area (TPSA) is 46.2 Å². The van der Waals surface area contributed by atoms with Crippen LogP contribution in [0, 0.1) is 33.0 Å². The number of carbonyl (C=O) groups excluding carboxylic acids is 2. The van der Waals surface area contributed by atoms with E-state index in [2.05, 4.69) is 46.9 Å². The molecule has 0 unspecified atom stereocenters. The minimum Gasteiger partial charge on any atom is -0.352 e. The largest absolute Gasteiger partial charge is 0.352 e. The van der Waals surface area contributed by atoms with E-state index in [0.717, 1.165) is 25.2 Å². The molecule has 3 nitrogen and oxygen atoms in total. The van der Waals surface area contributed by atoms with Gasteiger partial charge in [-0.25, -0.2) is 0 Å². The number of carbonyl (C=O) groups is 2. The van der Waals surface area contributed by atoms with E-state index in [1.165, 1.54) is 12.8 Å². The molecule has 0 heterocycles. The van der Waals surface area contributed by atoms with Gasteiger partial charge in [-0.3, -0.25) is 9.59 Å². The molecule has 4 aliphatic rings. The van der Waals surface area contributed by atoms with Crippen LogP contribution in [0.4, 0.5) is 0 Å². The second kappa shape index (κ2) is 4.27. The lowest BCUT2D eigenvalue weighted by atomic mass is 9.64. The Kier molecular flexibility index (Phi) is 2.95. The van der Waals surface area contributed by atoms with E-state index in [1.54, 1.807) is 0 Å². The molecule has 3 heteroatoms. The van der Waals surface area contributed by atoms with E-state index < -0.39 is 5.41 Å². The van der Waals surface area contributed by atoms with E-state index in [9.17, 15) is 9.59 Å². The van der Waals surface area contributed by atoms with Crippen molar-refractivity contribution in [2.45, 2.75) is 86.1 Å². The third kappa shape index (κ3) is 1.48. The van der Waals surface area contributed by atoms with E-state index in [1.807, 2.05) is 0 Å². The molecule has 0 aromatic carbocycles. The first-order valence-corrected chi connectivity index (χ1v) is 9.77. The molecular weight excluding hydrogens is 298 g/mol. The van der Waals surface area contributed by atoms with E-state index >= 15 is 0 Å². The summed E-state index contributed by atoms with van der Waals surface area (Å²) >= 11 is 0. The van der Waals surface area contributed by atoms with Crippen LogP contribution in [0.25, 0.3) is 0 Å². The number of amides is 1. The Morgan fingerprint density at radius 1 is 1.04 bits per heavy atom. The Morgan fingerprint density at radius 2 is 1.71 bits per heavy atom. The van der Waals surface area contributed by atoms with Gasteiger partial charge in [0.1, 0.15) is 5.78 Å². The van der Waals surface area contributed by atoms with Crippen LogP contribution in [0.2, 0.25) is 0 Å². The maximum atomic E-state index is 13.5. The molecule has 0 radical (unpaired) electrons. The summed E-state index contributed by atoms with van der Waals surface area (Å²) in [6, 6.07) is 0.270. The smallest absolute Gasteiger partial charge is 0.227 e. The van der Waals surface area contributed by atoms with Gasteiger partial charge in [0.05, 0.1) is 5.41 Å². The van der Waals surface area contributed by atoms with E-state index in [0.29, 0.717) is 17.6 Å². The molecule has 4 bridgehead atoms. The highest BCUT2D eigenvalue weighted by atomic mass is 16.2. The van der Waals surface area contributed by atoms with Gasteiger partial charge in [-0.05, 0) is 54.3 Å². The van der Waals surface area contributed by atoms with Crippen LogP contribution < -0.4 is 5.32 Å². The number of Topliss-reactive ketones (excluding diaryl/α,β-unsaturated/α-hetero) is 1. The summed E-state index contributed by atoms with van der Waals surface area (Å²) in [6.45, 7) is 13.5. The average Bonchev–Trinajstić information content (AvgIpc) is 2.97. The van der Waals surface area contributed by atoms with Crippen molar-refractivity contribution in [1.82, 2.24) is 5.32 Å². The van der Waals surface area contributed by atoms with E-state index in [4.69, 9.17) is 0 Å². The maximum absolute atomic E-state index is 13.5. The zero-order valence-electron chi connectivity index (χ0n) is 16.2. The summed E-state index contributed by atoms with van der Waals surface area (Å²) in [5, 5.41) is 3.47. The molecule has 0 spiro atoms. The third-order valence-corrected chi connectivity index (χ3v) is 10.2. The molecule has 0 aromatic heterocycles. The lowest BCUT2D eigenvalue weighted by Gasteiger charge is -2.43. The summed E-state index contributed by atoms with van der Waals surface area (Å²) in [5.74, 6) is 1.18. The van der Waals surface area contributed by atoms with Crippen molar-refractivity contribution in [3.8, 4) is 0 Å². The Balaban J connectivity index is 1.62. The monoisotopic (exact) mass is 331 g/mol. The highest BCUT2D eigenvalue weighted by Crippen LogP contribution is 2.71. The fraction of sp³-hybridized carbons (Fsp3) is 0.905. The Bertz CT molecular complexity index is 636. The van der Waals surface area contributed by atoms with Crippen molar-refractivity contribution >= 4 is 11.7 Å². The highest BCUT2D eigenvalue weighted by Gasteiger charge is 2.73. The Labute approximate surface area is 146 Å². The number of nitrogens with one attached hydrogen (secondary N) is 1. The van der Waals surface area contributed by atoms with Crippen LogP contribution in [-0.4, -0.2) is 17.7 Å². The quantitative estimate of drug-likeness (QED) is 0.828. The number of hydrogen-bond acceptors (Lipinski definition) is 2. The predicted molar refractivity (Wildman–Crippen MR) is 94.3 cm³/mol. The second-order valence-corrected chi connectivity index (χ2v) is 10.8. The van der Waals surface area contributed by atoms with Gasteiger partial charge in [0.15, 0.2) is 0 Å². The highest BCUT2D eigenvalue weighted by molar-refractivity contribution is 5.99. The standard InChI is InChI=1S/C21H33NO2/c1-17(2)13-7-8-19(17,5)14(11-13)22-16(24)21-10-9-20(6,15(23)12-21)18(21,3)4/h13-14H,7-12H2,1-6H3,(H,22,24)/t13-,14+,19+,20+,21-/m0/s1. The van der Waals surface area contributed by atoms with Gasteiger partial charge in [0, 0.05) is 17.9 Å². The molecule has 4 aliphatic carbocycles. The maximum Gasteiger partial charge on any atom is 0.227 e. The molecule has 134 valence electrons. The van der Waals surface area contributed by atoms with Gasteiger partial charge < -0.3 is 5.32 Å². The molecule has 0 aliphatic heterocycles. The number of rotatable bonds is 2. The van der Waals surface area contributed by atoms with Crippen LogP contribution in [0.5, 0.6) is 0 Å². The van der Waals surface area contributed by atoms with Crippen molar-refractivity contribution in [1.29, 1.82) is 0 Å². The fourth-order valence-electron chi connectivity index (χ4n) is 7.08. The summed E-state index contributed by atoms with van der Waals surface area (Å²) < 4.78 is 0. The van der Waals surface area contributed by atoms with Crippen LogP contribution in [0.15, 0.2) is 0 Å². The van der Waals surface area contributed by atoms with Gasteiger partial charge in [-0.2, -0.15) is 0 Å². The molecule has 4 rings (SSSR count). The first kappa shape index (κ1) is 16.6. The third-order valence-electron chi connectivity index (χ3n) is 10.2. The number of ketones is 1. The Hall–Kier alpha value is -0.860. The minimum atomic E-state index is -0.485. The Morgan fingerprint density at radius 3 is 2.12 bits per heavy atom. The van der Waals surface area contributed by atoms with E-state index in [-0.39, 0.29) is 28.2 Å². The van der Waals surface area contributed by atoms with Gasteiger partial charge in [0.2, 0.25) is 5.91 Å². The van der Waals surface area contributed by atoms with Crippen LogP contribution in [-0.2, 0) is 9.59 Å². The van der Waals surface area contributed by atoms with Crippen molar-refractivity contribution in [3.63, 3.8) is 0 Å². The van der Waals surface area contributed by atoms with Crippen molar-refractivity contribution in [3.05, 3.63) is 0 Å². The summed E-state index contributed by atoms with van der Waals surface area (Å²) in [7, 11) is 0. The molecule has 4 fully saturated rings. The minimum absolute atomic E-state index is 0.164. The van der Waals surface area contributed by atoms with Gasteiger partial charge >= 0.3 is 0 Å². The van der Waals surface area contributed by atoms with Crippen LogP contribution in [0.3, 0.4) is 0 Å². The molecule has 5 atom stereocenters. The molecule has 0 saturated heterocycles. The number of hydrogen-bond donors (Lipinski definition) is 1. The molecule has 1 N–H and O–H groups in total. The summed E-state index contributed by atoms with van der Waals surface area (Å²) in [5.41, 5.74) is -0.551. The van der Waals surface area contributed by atoms with Gasteiger partial charge in [-0.1, -0.05) is 41.5 Å². The van der Waals surface area contributed by atoms with Crippen LogP contribution >= 0.6 is 0 Å². The molecular formula is C21H33NO2.